The summed E-state index contributed by atoms with van der Waals surface area (Å²) in [5.41, 5.74) is 3.50. The van der Waals surface area contributed by atoms with Gasteiger partial charge >= 0.3 is 0 Å². The SMILES string of the molecule is CN=C(NCc1ccnc2ccccc12)NC1CC1c1cccc(Cl)c1. The van der Waals surface area contributed by atoms with Crippen LogP contribution in [0.5, 0.6) is 0 Å². The van der Waals surface area contributed by atoms with Crippen LogP contribution in [0.4, 0.5) is 0 Å². The van der Waals surface area contributed by atoms with Gasteiger partial charge < -0.3 is 10.6 Å². The number of pyridine rings is 1. The highest BCUT2D eigenvalue weighted by Crippen LogP contribution is 2.41. The Morgan fingerprint density at radius 3 is 2.92 bits per heavy atom. The molecule has 0 bridgehead atoms. The molecule has 1 aromatic heterocycles. The third-order valence-electron chi connectivity index (χ3n) is 4.80. The summed E-state index contributed by atoms with van der Waals surface area (Å²) in [7, 11) is 1.80. The maximum Gasteiger partial charge on any atom is 0.191 e. The molecule has 2 N–H and O–H groups in total. The molecule has 3 aromatic rings. The van der Waals surface area contributed by atoms with Crippen LogP contribution in [-0.2, 0) is 6.54 Å². The number of hydrogen-bond acceptors (Lipinski definition) is 2. The van der Waals surface area contributed by atoms with Gasteiger partial charge in [0.05, 0.1) is 5.52 Å². The number of guanidine groups is 1. The van der Waals surface area contributed by atoms with Gasteiger partial charge in [0.1, 0.15) is 0 Å². The van der Waals surface area contributed by atoms with Crippen molar-refractivity contribution in [1.29, 1.82) is 0 Å². The van der Waals surface area contributed by atoms with E-state index < -0.39 is 0 Å². The summed E-state index contributed by atoms with van der Waals surface area (Å²) in [5.74, 6) is 1.31. The zero-order valence-electron chi connectivity index (χ0n) is 14.6. The third kappa shape index (κ3) is 3.65. The van der Waals surface area contributed by atoms with Crippen molar-refractivity contribution >= 4 is 28.5 Å². The Hall–Kier alpha value is -2.59. The molecule has 1 heterocycles. The molecule has 0 amide bonds. The first kappa shape index (κ1) is 16.9. The van der Waals surface area contributed by atoms with E-state index in [1.54, 1.807) is 7.05 Å². The Labute approximate surface area is 158 Å². The van der Waals surface area contributed by atoms with E-state index in [0.29, 0.717) is 18.5 Å². The minimum atomic E-state index is 0.397. The van der Waals surface area contributed by atoms with Gasteiger partial charge in [-0.25, -0.2) is 0 Å². The maximum absolute atomic E-state index is 6.10. The number of hydrogen-bond donors (Lipinski definition) is 2. The van der Waals surface area contributed by atoms with Gasteiger partial charge in [-0.1, -0.05) is 41.9 Å². The fraction of sp³-hybridized carbons (Fsp3) is 0.238. The van der Waals surface area contributed by atoms with Crippen LogP contribution in [0.25, 0.3) is 10.9 Å². The number of aliphatic imine (C=N–C) groups is 1. The molecule has 4 nitrogen and oxygen atoms in total. The lowest BCUT2D eigenvalue weighted by molar-refractivity contribution is 0.791. The molecule has 1 aliphatic rings. The predicted molar refractivity (Wildman–Crippen MR) is 108 cm³/mol. The molecule has 0 saturated heterocycles. The summed E-state index contributed by atoms with van der Waals surface area (Å²) in [6.07, 6.45) is 2.95. The van der Waals surface area contributed by atoms with Gasteiger partial charge in [0.2, 0.25) is 0 Å². The quantitative estimate of drug-likeness (QED) is 0.541. The predicted octanol–water partition coefficient (Wildman–Crippen LogP) is 4.11. The summed E-state index contributed by atoms with van der Waals surface area (Å²) in [5, 5.41) is 8.88. The van der Waals surface area contributed by atoms with Crippen molar-refractivity contribution in [2.45, 2.75) is 24.9 Å². The molecule has 0 spiro atoms. The topological polar surface area (TPSA) is 49.3 Å². The van der Waals surface area contributed by atoms with Crippen molar-refractivity contribution < 1.29 is 0 Å². The highest BCUT2D eigenvalue weighted by atomic mass is 35.5. The molecule has 2 aromatic carbocycles. The van der Waals surface area contributed by atoms with Crippen LogP contribution in [0.3, 0.4) is 0 Å². The Morgan fingerprint density at radius 1 is 1.19 bits per heavy atom. The van der Waals surface area contributed by atoms with Crippen LogP contribution in [0.15, 0.2) is 65.8 Å². The molecular formula is C21H21ClN4. The van der Waals surface area contributed by atoms with E-state index >= 15 is 0 Å². The lowest BCUT2D eigenvalue weighted by Gasteiger charge is -2.13. The van der Waals surface area contributed by atoms with E-state index in [2.05, 4.69) is 38.8 Å². The molecule has 0 aliphatic heterocycles. The molecule has 132 valence electrons. The van der Waals surface area contributed by atoms with Gasteiger partial charge in [0.25, 0.3) is 0 Å². The Kier molecular flexibility index (Phi) is 4.76. The second-order valence-corrected chi connectivity index (χ2v) is 7.00. The van der Waals surface area contributed by atoms with E-state index in [1.807, 2.05) is 42.6 Å². The largest absolute Gasteiger partial charge is 0.353 e. The number of para-hydroxylation sites is 1. The summed E-state index contributed by atoms with van der Waals surface area (Å²) in [6.45, 7) is 0.706. The van der Waals surface area contributed by atoms with Crippen LogP contribution in [0.1, 0.15) is 23.5 Å². The highest BCUT2D eigenvalue weighted by molar-refractivity contribution is 6.30. The molecule has 4 rings (SSSR count). The van der Waals surface area contributed by atoms with Crippen molar-refractivity contribution in [3.63, 3.8) is 0 Å². The molecule has 2 atom stereocenters. The van der Waals surface area contributed by atoms with Crippen LogP contribution in [-0.4, -0.2) is 24.0 Å². The molecule has 1 fully saturated rings. The number of benzene rings is 2. The van der Waals surface area contributed by atoms with Gasteiger partial charge in [-0.15, -0.1) is 0 Å². The van der Waals surface area contributed by atoms with Crippen molar-refractivity contribution in [3.8, 4) is 0 Å². The number of aromatic nitrogens is 1. The number of nitrogens with one attached hydrogen (secondary N) is 2. The molecule has 5 heteroatoms. The first-order valence-electron chi connectivity index (χ1n) is 8.80. The van der Waals surface area contributed by atoms with Crippen molar-refractivity contribution in [2.24, 2.45) is 4.99 Å². The van der Waals surface area contributed by atoms with Gasteiger partial charge in [0, 0.05) is 42.2 Å². The van der Waals surface area contributed by atoms with Crippen molar-refractivity contribution in [2.75, 3.05) is 7.05 Å². The van der Waals surface area contributed by atoms with E-state index in [-0.39, 0.29) is 0 Å². The maximum atomic E-state index is 6.10. The van der Waals surface area contributed by atoms with Crippen LogP contribution in [0.2, 0.25) is 5.02 Å². The van der Waals surface area contributed by atoms with Gasteiger partial charge in [-0.2, -0.15) is 0 Å². The number of rotatable bonds is 4. The molecule has 1 aliphatic carbocycles. The monoisotopic (exact) mass is 364 g/mol. The molecule has 1 saturated carbocycles. The Morgan fingerprint density at radius 2 is 2.08 bits per heavy atom. The van der Waals surface area contributed by atoms with Gasteiger partial charge in [-0.05, 0) is 41.8 Å². The van der Waals surface area contributed by atoms with Crippen LogP contribution in [0, 0.1) is 0 Å². The second-order valence-electron chi connectivity index (χ2n) is 6.56. The number of halogens is 1. The fourth-order valence-electron chi connectivity index (χ4n) is 3.32. The minimum absolute atomic E-state index is 0.397. The second kappa shape index (κ2) is 7.34. The van der Waals surface area contributed by atoms with E-state index in [1.165, 1.54) is 16.5 Å². The Bertz CT molecular complexity index is 948. The normalized spacial score (nSPS) is 19.4. The van der Waals surface area contributed by atoms with Crippen LogP contribution < -0.4 is 10.6 Å². The summed E-state index contributed by atoms with van der Waals surface area (Å²) >= 11 is 6.10. The number of nitrogens with zero attached hydrogens (tertiary/aromatic N) is 2. The zero-order chi connectivity index (χ0) is 17.9. The molecule has 0 radical (unpaired) electrons. The third-order valence-corrected chi connectivity index (χ3v) is 5.03. The Balaban J connectivity index is 1.39. The summed E-state index contributed by atoms with van der Waals surface area (Å²) in [6, 6.07) is 18.7. The van der Waals surface area contributed by atoms with Crippen LogP contribution >= 0.6 is 11.6 Å². The smallest absolute Gasteiger partial charge is 0.191 e. The first-order chi connectivity index (χ1) is 12.7. The average Bonchev–Trinajstić information content (AvgIpc) is 3.44. The first-order valence-corrected chi connectivity index (χ1v) is 9.17. The van der Waals surface area contributed by atoms with Gasteiger partial charge in [0.15, 0.2) is 5.96 Å². The zero-order valence-corrected chi connectivity index (χ0v) is 15.4. The standard InChI is InChI=1S/C21H21ClN4/c1-23-21(26-20-12-18(20)14-5-4-6-16(22)11-14)25-13-15-9-10-24-19-8-3-2-7-17(15)19/h2-11,18,20H,12-13H2,1H3,(H2,23,25,26). The lowest BCUT2D eigenvalue weighted by atomic mass is 10.1. The van der Waals surface area contributed by atoms with E-state index in [9.17, 15) is 0 Å². The van der Waals surface area contributed by atoms with Crippen molar-refractivity contribution in [3.05, 3.63) is 76.9 Å². The molecule has 2 unspecified atom stereocenters. The molecule has 26 heavy (non-hydrogen) atoms. The summed E-state index contributed by atoms with van der Waals surface area (Å²) in [4.78, 5) is 8.78. The average molecular weight is 365 g/mol. The van der Waals surface area contributed by atoms with Crippen molar-refractivity contribution in [1.82, 2.24) is 15.6 Å². The summed E-state index contributed by atoms with van der Waals surface area (Å²) < 4.78 is 0. The minimum Gasteiger partial charge on any atom is -0.353 e. The van der Waals surface area contributed by atoms with E-state index in [0.717, 1.165) is 22.9 Å². The number of fused-ring (bicyclic) bond motifs is 1. The fourth-order valence-corrected chi connectivity index (χ4v) is 3.52. The molecular weight excluding hydrogens is 344 g/mol. The lowest BCUT2D eigenvalue weighted by Crippen LogP contribution is -2.38. The highest BCUT2D eigenvalue weighted by Gasteiger charge is 2.39. The van der Waals surface area contributed by atoms with Gasteiger partial charge in [-0.3, -0.25) is 9.98 Å². The van der Waals surface area contributed by atoms with E-state index in [4.69, 9.17) is 11.6 Å².